The number of benzene rings is 3. The number of aryl methyl sites for hydroxylation is 1. The predicted molar refractivity (Wildman–Crippen MR) is 114 cm³/mol. The average molecular weight is 357 g/mol. The van der Waals surface area contributed by atoms with Crippen LogP contribution < -0.4 is 10.6 Å². The zero-order valence-corrected chi connectivity index (χ0v) is 16.3. The number of rotatable bonds is 2. The van der Waals surface area contributed by atoms with E-state index in [0.717, 1.165) is 11.6 Å². The lowest BCUT2D eigenvalue weighted by Crippen LogP contribution is -2.31. The van der Waals surface area contributed by atoms with Gasteiger partial charge in [0.15, 0.2) is 0 Å². The highest BCUT2D eigenvalue weighted by Crippen LogP contribution is 2.70. The van der Waals surface area contributed by atoms with Crippen LogP contribution in [0, 0.1) is 6.92 Å². The third kappa shape index (κ3) is 2.47. The van der Waals surface area contributed by atoms with Crippen molar-refractivity contribution in [2.45, 2.75) is 43.9 Å². The van der Waals surface area contributed by atoms with Crippen molar-refractivity contribution in [3.63, 3.8) is 0 Å². The number of hydrogen-bond acceptors (Lipinski definition) is 0. The van der Waals surface area contributed by atoms with Crippen LogP contribution in [0.3, 0.4) is 0 Å². The van der Waals surface area contributed by atoms with E-state index in [1.54, 1.807) is 21.7 Å². The fourth-order valence-electron chi connectivity index (χ4n) is 5.45. The molecule has 1 saturated carbocycles. The fourth-order valence-corrected chi connectivity index (χ4v) is 10.6. The molecule has 0 N–H and O–H groups in total. The molecule has 0 spiro atoms. The van der Waals surface area contributed by atoms with Crippen LogP contribution in [0.25, 0.3) is 0 Å². The zero-order chi connectivity index (χ0) is 17.6. The molecule has 0 saturated heterocycles. The Morgan fingerprint density at radius 1 is 0.769 bits per heavy atom. The highest BCUT2D eigenvalue weighted by Gasteiger charge is 2.55. The van der Waals surface area contributed by atoms with Crippen molar-refractivity contribution in [1.82, 2.24) is 0 Å². The lowest BCUT2D eigenvalue weighted by Gasteiger charge is -2.32. The van der Waals surface area contributed by atoms with Crippen molar-refractivity contribution in [1.29, 1.82) is 0 Å². The van der Waals surface area contributed by atoms with Crippen molar-refractivity contribution in [3.8, 4) is 0 Å². The van der Waals surface area contributed by atoms with E-state index in [1.165, 1.54) is 31.0 Å². The second-order valence-corrected chi connectivity index (χ2v) is 11.9. The molecule has 1 aliphatic carbocycles. The Morgan fingerprint density at radius 2 is 1.42 bits per heavy atom. The summed E-state index contributed by atoms with van der Waals surface area (Å²) >= 11 is 0. The highest BCUT2D eigenvalue weighted by molar-refractivity contribution is 7.89. The third-order valence-electron chi connectivity index (χ3n) is 6.62. The zero-order valence-electron chi connectivity index (χ0n) is 15.4. The molecule has 26 heavy (non-hydrogen) atoms. The monoisotopic (exact) mass is 357 g/mol. The van der Waals surface area contributed by atoms with Crippen LogP contribution in [-0.2, 0) is 6.16 Å². The van der Waals surface area contributed by atoms with E-state index in [1.807, 2.05) is 0 Å². The molecule has 130 valence electrons. The predicted octanol–water partition coefficient (Wildman–Crippen LogP) is 5.81. The third-order valence-corrected chi connectivity index (χ3v) is 11.6. The number of hydrogen-bond donors (Lipinski definition) is 0. The smallest absolute Gasteiger partial charge is 0.0620 e. The quantitative estimate of drug-likeness (QED) is 0.508. The van der Waals surface area contributed by atoms with Gasteiger partial charge < -0.3 is 0 Å². The molecule has 0 amide bonds. The largest absolute Gasteiger partial charge is 0.0998 e. The van der Waals surface area contributed by atoms with Crippen LogP contribution in [0.5, 0.6) is 0 Å². The first kappa shape index (κ1) is 16.3. The second kappa shape index (κ2) is 6.36. The standard InChI is InChI=1S/C25H26P/c1-19-12-15-25-20-13-14-24(17-20)26(18-21(25)16-19,22-8-4-2-5-9-22)23-10-6-3-7-11-23/h2-12,15-16,20,24H,13-14,17-18H2,1H3/q+1/t20-,24+/m0/s1. The summed E-state index contributed by atoms with van der Waals surface area (Å²) in [6.45, 7) is 2.24. The van der Waals surface area contributed by atoms with Crippen LogP contribution in [0.1, 0.15) is 41.9 Å². The highest BCUT2D eigenvalue weighted by atomic mass is 31.2. The minimum Gasteiger partial charge on any atom is -0.0620 e. The molecule has 2 atom stereocenters. The van der Waals surface area contributed by atoms with E-state index in [9.17, 15) is 0 Å². The molecule has 0 nitrogen and oxygen atoms in total. The Bertz CT molecular complexity index is 874. The first-order valence-corrected chi connectivity index (χ1v) is 11.9. The fraction of sp³-hybridized carbons (Fsp3) is 0.280. The Morgan fingerprint density at radius 3 is 2.08 bits per heavy atom. The normalized spacial score (nSPS) is 23.3. The lowest BCUT2D eigenvalue weighted by atomic mass is 9.92. The maximum absolute atomic E-state index is 2.48. The first-order chi connectivity index (χ1) is 12.8. The minimum atomic E-state index is -1.46. The molecule has 3 aromatic rings. The van der Waals surface area contributed by atoms with Gasteiger partial charge in [0, 0.05) is 0 Å². The Kier molecular flexibility index (Phi) is 3.98. The van der Waals surface area contributed by atoms with Gasteiger partial charge in [-0.25, -0.2) is 0 Å². The van der Waals surface area contributed by atoms with Crippen molar-refractivity contribution >= 4 is 17.9 Å². The van der Waals surface area contributed by atoms with Gasteiger partial charge in [-0.2, -0.15) is 0 Å². The molecule has 1 aliphatic heterocycles. The molecular formula is C25H26P+. The summed E-state index contributed by atoms with van der Waals surface area (Å²) in [4.78, 5) is 0. The maximum atomic E-state index is 2.48. The molecule has 1 fully saturated rings. The molecule has 1 heteroatoms. The van der Waals surface area contributed by atoms with E-state index in [-0.39, 0.29) is 0 Å². The van der Waals surface area contributed by atoms with E-state index in [4.69, 9.17) is 0 Å². The molecule has 1 heterocycles. The second-order valence-electron chi connectivity index (χ2n) is 8.06. The van der Waals surface area contributed by atoms with Crippen molar-refractivity contribution in [2.75, 3.05) is 0 Å². The summed E-state index contributed by atoms with van der Waals surface area (Å²) in [5.41, 5.74) is 5.50. The summed E-state index contributed by atoms with van der Waals surface area (Å²) in [6.07, 6.45) is 5.35. The molecule has 5 rings (SSSR count). The van der Waals surface area contributed by atoms with Gasteiger partial charge in [-0.15, -0.1) is 0 Å². The molecule has 0 aromatic heterocycles. The summed E-state index contributed by atoms with van der Waals surface area (Å²) in [5.74, 6) is 0.768. The van der Waals surface area contributed by atoms with E-state index in [2.05, 4.69) is 85.8 Å². The van der Waals surface area contributed by atoms with E-state index in [0.29, 0.717) is 0 Å². The molecule has 0 radical (unpaired) electrons. The van der Waals surface area contributed by atoms with Crippen LogP contribution in [0.2, 0.25) is 0 Å². The maximum Gasteiger partial charge on any atom is 0.0998 e. The van der Waals surface area contributed by atoms with Gasteiger partial charge in [-0.3, -0.25) is 0 Å². The van der Waals surface area contributed by atoms with Gasteiger partial charge in [0.2, 0.25) is 0 Å². The SMILES string of the molecule is Cc1ccc2c(c1)C[P+](c1ccccc1)(c1ccccc1)[C@@H]1CC[C@H]2C1. The topological polar surface area (TPSA) is 0 Å². The molecular weight excluding hydrogens is 331 g/mol. The summed E-state index contributed by atoms with van der Waals surface area (Å²) in [6, 6.07) is 30.2. The molecule has 2 aliphatic rings. The van der Waals surface area contributed by atoms with E-state index >= 15 is 0 Å². The Balaban J connectivity index is 1.79. The van der Waals surface area contributed by atoms with Gasteiger partial charge in [-0.05, 0) is 67.5 Å². The van der Waals surface area contributed by atoms with Crippen LogP contribution in [0.15, 0.2) is 78.9 Å². The van der Waals surface area contributed by atoms with Gasteiger partial charge in [0.25, 0.3) is 0 Å². The van der Waals surface area contributed by atoms with Crippen molar-refractivity contribution in [3.05, 3.63) is 95.6 Å². The summed E-state index contributed by atoms with van der Waals surface area (Å²) < 4.78 is 0. The van der Waals surface area contributed by atoms with Gasteiger partial charge >= 0.3 is 0 Å². The average Bonchev–Trinajstić information content (AvgIpc) is 3.12. The minimum absolute atomic E-state index is 0.768. The molecule has 3 aromatic carbocycles. The Labute approximate surface area is 157 Å². The van der Waals surface area contributed by atoms with Crippen LogP contribution in [0.4, 0.5) is 0 Å². The first-order valence-electron chi connectivity index (χ1n) is 9.86. The van der Waals surface area contributed by atoms with Gasteiger partial charge in [0.1, 0.15) is 0 Å². The Hall–Kier alpha value is -1.91. The van der Waals surface area contributed by atoms with Gasteiger partial charge in [-0.1, -0.05) is 60.2 Å². The van der Waals surface area contributed by atoms with Crippen LogP contribution in [-0.4, -0.2) is 5.66 Å². The van der Waals surface area contributed by atoms with Crippen molar-refractivity contribution < 1.29 is 0 Å². The van der Waals surface area contributed by atoms with Gasteiger partial charge in [0.05, 0.1) is 29.7 Å². The number of fused-ring (bicyclic) bond motifs is 4. The lowest BCUT2D eigenvalue weighted by molar-refractivity contribution is 0.721. The molecule has 2 bridgehead atoms. The van der Waals surface area contributed by atoms with E-state index < -0.39 is 7.26 Å². The molecule has 0 unspecified atom stereocenters. The summed E-state index contributed by atoms with van der Waals surface area (Å²) in [7, 11) is -1.46. The van der Waals surface area contributed by atoms with Crippen LogP contribution >= 0.6 is 7.26 Å². The van der Waals surface area contributed by atoms with Crippen molar-refractivity contribution in [2.24, 2.45) is 0 Å². The summed E-state index contributed by atoms with van der Waals surface area (Å²) in [5, 5.41) is 3.21.